The van der Waals surface area contributed by atoms with Crippen LogP contribution in [0, 0.1) is 5.92 Å². The van der Waals surface area contributed by atoms with Crippen LogP contribution in [0.1, 0.15) is 25.3 Å². The highest BCUT2D eigenvalue weighted by molar-refractivity contribution is 14.0. The van der Waals surface area contributed by atoms with Gasteiger partial charge in [-0.2, -0.15) is 0 Å². The largest absolute Gasteiger partial charge is 0.369 e. The molecule has 1 amide bonds. The zero-order valence-corrected chi connectivity index (χ0v) is 22.2. The Morgan fingerprint density at radius 2 is 1.85 bits per heavy atom. The fourth-order valence-electron chi connectivity index (χ4n) is 4.64. The van der Waals surface area contributed by atoms with Crippen LogP contribution < -0.4 is 20.9 Å². The van der Waals surface area contributed by atoms with Crippen LogP contribution in [0.25, 0.3) is 0 Å². The normalized spacial score (nSPS) is 18.9. The van der Waals surface area contributed by atoms with E-state index in [0.717, 1.165) is 69.5 Å². The molecule has 34 heavy (non-hydrogen) atoms. The highest BCUT2D eigenvalue weighted by Gasteiger charge is 2.26. The van der Waals surface area contributed by atoms with E-state index in [1.165, 1.54) is 5.69 Å². The summed E-state index contributed by atoms with van der Waals surface area (Å²) in [7, 11) is 0. The topological polar surface area (TPSA) is 90.1 Å². The van der Waals surface area contributed by atoms with Crippen molar-refractivity contribution >= 4 is 47.3 Å². The molecule has 3 N–H and O–H groups in total. The number of hydrogen-bond acceptors (Lipinski definition) is 5. The zero-order chi connectivity index (χ0) is 23.0. The predicted octanol–water partition coefficient (Wildman–Crippen LogP) is 2.69. The van der Waals surface area contributed by atoms with Gasteiger partial charge in [-0.25, -0.2) is 9.98 Å². The molecule has 0 radical (unpaired) electrons. The molecule has 0 saturated carbocycles. The minimum absolute atomic E-state index is 0. The first-order valence-corrected chi connectivity index (χ1v) is 12.0. The van der Waals surface area contributed by atoms with Crippen LogP contribution in [0.4, 0.5) is 11.5 Å². The molecule has 1 aromatic heterocycles. The number of aromatic nitrogens is 1. The monoisotopic (exact) mass is 577 g/mol. The number of piperidine rings is 1. The fourth-order valence-corrected chi connectivity index (χ4v) is 4.64. The summed E-state index contributed by atoms with van der Waals surface area (Å²) >= 11 is 0. The molecular weight excluding hydrogens is 541 g/mol. The van der Waals surface area contributed by atoms with E-state index in [1.54, 1.807) is 0 Å². The number of nitrogens with zero attached hydrogens (tertiary/aromatic N) is 5. The third-order valence-corrected chi connectivity index (χ3v) is 6.43. The molecule has 9 heteroatoms. The lowest BCUT2D eigenvalue weighted by Gasteiger charge is -2.37. The SMILES string of the molecule is CCNC(=NCc1cccnc1N1CCCC(C(N)=O)C1)N1CCN(c2ccccc2)CC1.I. The van der Waals surface area contributed by atoms with Gasteiger partial charge in [0.1, 0.15) is 5.82 Å². The van der Waals surface area contributed by atoms with Crippen LogP contribution in [0.2, 0.25) is 0 Å². The number of para-hydroxylation sites is 1. The van der Waals surface area contributed by atoms with Crippen molar-refractivity contribution in [2.24, 2.45) is 16.6 Å². The van der Waals surface area contributed by atoms with Gasteiger partial charge in [0.15, 0.2) is 5.96 Å². The molecule has 2 saturated heterocycles. The molecule has 0 spiro atoms. The molecule has 0 aliphatic carbocycles. The van der Waals surface area contributed by atoms with Gasteiger partial charge in [0.25, 0.3) is 0 Å². The van der Waals surface area contributed by atoms with Gasteiger partial charge in [-0.05, 0) is 38.0 Å². The number of primary amides is 1. The molecule has 1 unspecified atom stereocenters. The van der Waals surface area contributed by atoms with Gasteiger partial charge < -0.3 is 25.8 Å². The Balaban J connectivity index is 0.00000324. The summed E-state index contributed by atoms with van der Waals surface area (Å²) in [5.41, 5.74) is 7.93. The van der Waals surface area contributed by atoms with E-state index in [0.29, 0.717) is 13.1 Å². The summed E-state index contributed by atoms with van der Waals surface area (Å²) in [4.78, 5) is 28.3. The number of halogens is 1. The number of pyridine rings is 1. The Morgan fingerprint density at radius 3 is 2.56 bits per heavy atom. The van der Waals surface area contributed by atoms with Gasteiger partial charge in [-0.3, -0.25) is 4.79 Å². The number of carbonyl (C=O) groups is 1. The van der Waals surface area contributed by atoms with E-state index in [1.807, 2.05) is 12.3 Å². The maximum absolute atomic E-state index is 11.7. The number of nitrogens with two attached hydrogens (primary N) is 1. The van der Waals surface area contributed by atoms with E-state index in [-0.39, 0.29) is 35.8 Å². The molecule has 184 valence electrons. The summed E-state index contributed by atoms with van der Waals surface area (Å²) in [5.74, 6) is 1.51. The van der Waals surface area contributed by atoms with E-state index in [2.05, 4.69) is 68.3 Å². The molecule has 2 fully saturated rings. The number of nitrogens with one attached hydrogen (secondary N) is 1. The van der Waals surface area contributed by atoms with Crippen LogP contribution in [-0.2, 0) is 11.3 Å². The summed E-state index contributed by atoms with van der Waals surface area (Å²) < 4.78 is 0. The number of benzene rings is 1. The second-order valence-electron chi connectivity index (χ2n) is 8.65. The van der Waals surface area contributed by atoms with Crippen LogP contribution in [0.15, 0.2) is 53.7 Å². The molecule has 2 aliphatic rings. The maximum Gasteiger partial charge on any atom is 0.222 e. The Hall–Kier alpha value is -2.56. The van der Waals surface area contributed by atoms with Crippen LogP contribution in [0.3, 0.4) is 0 Å². The predicted molar refractivity (Wildman–Crippen MR) is 149 cm³/mol. The second kappa shape index (κ2) is 12.8. The Bertz CT molecular complexity index is 947. The van der Waals surface area contributed by atoms with Crippen molar-refractivity contribution in [3.05, 3.63) is 54.2 Å². The highest BCUT2D eigenvalue weighted by Crippen LogP contribution is 2.25. The first-order valence-electron chi connectivity index (χ1n) is 12.0. The molecule has 0 bridgehead atoms. The van der Waals surface area contributed by atoms with Gasteiger partial charge in [0.2, 0.25) is 5.91 Å². The third kappa shape index (κ3) is 6.52. The molecule has 8 nitrogen and oxygen atoms in total. The van der Waals surface area contributed by atoms with Crippen molar-refractivity contribution in [2.75, 3.05) is 55.6 Å². The molecule has 4 rings (SSSR count). The zero-order valence-electron chi connectivity index (χ0n) is 19.9. The van der Waals surface area contributed by atoms with Gasteiger partial charge in [-0.1, -0.05) is 24.3 Å². The summed E-state index contributed by atoms with van der Waals surface area (Å²) in [6.45, 7) is 8.77. The Labute approximate surface area is 219 Å². The molecule has 1 aromatic carbocycles. The maximum atomic E-state index is 11.7. The molecule has 2 aromatic rings. The third-order valence-electron chi connectivity index (χ3n) is 6.43. The molecule has 3 heterocycles. The van der Waals surface area contributed by atoms with Gasteiger partial charge in [-0.15, -0.1) is 24.0 Å². The van der Waals surface area contributed by atoms with Gasteiger partial charge in [0, 0.05) is 63.3 Å². The van der Waals surface area contributed by atoms with Crippen molar-refractivity contribution in [1.82, 2.24) is 15.2 Å². The Morgan fingerprint density at radius 1 is 1.09 bits per heavy atom. The van der Waals surface area contributed by atoms with Crippen LogP contribution in [-0.4, -0.2) is 67.6 Å². The van der Waals surface area contributed by atoms with E-state index in [9.17, 15) is 4.79 Å². The number of guanidine groups is 1. The minimum Gasteiger partial charge on any atom is -0.369 e. The van der Waals surface area contributed by atoms with Gasteiger partial charge in [0.05, 0.1) is 12.5 Å². The standard InChI is InChI=1S/C25H35N7O.HI/c1-2-27-25(31-16-14-30(15-17-31)22-10-4-3-5-11-22)29-18-20-8-6-12-28-24(20)32-13-7-9-21(19-32)23(26)33;/h3-6,8,10-12,21H,2,7,9,13-19H2,1H3,(H2,26,33)(H,27,29);1H. The summed E-state index contributed by atoms with van der Waals surface area (Å²) in [6.07, 6.45) is 3.61. The number of amides is 1. The highest BCUT2D eigenvalue weighted by atomic mass is 127. The number of anilines is 2. The Kier molecular flexibility index (Phi) is 9.79. The lowest BCUT2D eigenvalue weighted by atomic mass is 9.97. The van der Waals surface area contributed by atoms with Crippen molar-refractivity contribution in [3.8, 4) is 0 Å². The van der Waals surface area contributed by atoms with Crippen molar-refractivity contribution in [2.45, 2.75) is 26.3 Å². The smallest absolute Gasteiger partial charge is 0.222 e. The van der Waals surface area contributed by atoms with Crippen LogP contribution >= 0.6 is 24.0 Å². The number of aliphatic imine (C=N–C) groups is 1. The molecule has 2 aliphatic heterocycles. The van der Waals surface area contributed by atoms with Crippen LogP contribution in [0.5, 0.6) is 0 Å². The summed E-state index contributed by atoms with van der Waals surface area (Å²) in [6, 6.07) is 14.6. The van der Waals surface area contributed by atoms with Crippen molar-refractivity contribution < 1.29 is 4.79 Å². The summed E-state index contributed by atoms with van der Waals surface area (Å²) in [5, 5.41) is 3.46. The quantitative estimate of drug-likeness (QED) is 0.312. The van der Waals surface area contributed by atoms with Gasteiger partial charge >= 0.3 is 0 Å². The average Bonchev–Trinajstić information content (AvgIpc) is 2.87. The molecular formula is C25H36IN7O. The lowest BCUT2D eigenvalue weighted by molar-refractivity contribution is -0.122. The van der Waals surface area contributed by atoms with E-state index >= 15 is 0 Å². The van der Waals surface area contributed by atoms with Crippen molar-refractivity contribution in [1.29, 1.82) is 0 Å². The average molecular weight is 578 g/mol. The number of carbonyl (C=O) groups excluding carboxylic acids is 1. The first kappa shape index (κ1) is 26.1. The molecule has 1 atom stereocenters. The van der Waals surface area contributed by atoms with Crippen molar-refractivity contribution in [3.63, 3.8) is 0 Å². The van der Waals surface area contributed by atoms with E-state index in [4.69, 9.17) is 10.7 Å². The number of rotatable bonds is 6. The minimum atomic E-state index is -0.223. The number of hydrogen-bond donors (Lipinski definition) is 2. The lowest BCUT2D eigenvalue weighted by Crippen LogP contribution is -2.52. The number of piperazine rings is 1. The first-order chi connectivity index (χ1) is 16.2. The second-order valence-corrected chi connectivity index (χ2v) is 8.65. The fraction of sp³-hybridized carbons (Fsp3) is 0.480. The van der Waals surface area contributed by atoms with E-state index < -0.39 is 0 Å².